The molecule has 3 nitrogen and oxygen atoms in total. The van der Waals surface area contributed by atoms with Crippen LogP contribution in [0.15, 0.2) is 11.8 Å². The molecule has 0 aromatic rings. The van der Waals surface area contributed by atoms with Gasteiger partial charge >= 0.3 is 5.97 Å². The lowest BCUT2D eigenvalue weighted by Gasteiger charge is -1.98. The number of aliphatic hydroxyl groups is 1. The van der Waals surface area contributed by atoms with Crippen LogP contribution in [0, 0.1) is 0 Å². The SMILES string of the molecule is CCCCC/C(=C/O)C(=O)O. The molecular weight excluding hydrogens is 144 g/mol. The summed E-state index contributed by atoms with van der Waals surface area (Å²) in [5.74, 6) is -1.02. The van der Waals surface area contributed by atoms with Gasteiger partial charge in [-0.05, 0) is 12.8 Å². The van der Waals surface area contributed by atoms with Crippen molar-refractivity contribution < 1.29 is 15.0 Å². The third-order valence-electron chi connectivity index (χ3n) is 1.48. The van der Waals surface area contributed by atoms with Gasteiger partial charge in [-0.2, -0.15) is 0 Å². The molecule has 11 heavy (non-hydrogen) atoms. The van der Waals surface area contributed by atoms with Crippen LogP contribution in [0.3, 0.4) is 0 Å². The Balaban J connectivity index is 3.63. The number of unbranched alkanes of at least 4 members (excludes halogenated alkanes) is 2. The second-order valence-corrected chi connectivity index (χ2v) is 2.42. The van der Waals surface area contributed by atoms with E-state index < -0.39 is 5.97 Å². The van der Waals surface area contributed by atoms with Crippen LogP contribution in [-0.4, -0.2) is 16.2 Å². The number of carboxylic acids is 1. The van der Waals surface area contributed by atoms with Gasteiger partial charge in [0.15, 0.2) is 0 Å². The van der Waals surface area contributed by atoms with Crippen molar-refractivity contribution in [2.75, 3.05) is 0 Å². The molecule has 0 aliphatic heterocycles. The van der Waals surface area contributed by atoms with Crippen molar-refractivity contribution in [3.8, 4) is 0 Å². The van der Waals surface area contributed by atoms with E-state index in [1.807, 2.05) is 6.92 Å². The van der Waals surface area contributed by atoms with Crippen molar-refractivity contribution in [2.45, 2.75) is 32.6 Å². The first-order valence-electron chi connectivity index (χ1n) is 3.79. The van der Waals surface area contributed by atoms with Crippen LogP contribution in [0.1, 0.15) is 32.6 Å². The molecule has 0 rings (SSSR count). The normalized spacial score (nSPS) is 11.5. The predicted molar refractivity (Wildman–Crippen MR) is 42.5 cm³/mol. The topological polar surface area (TPSA) is 57.5 Å². The molecule has 2 N–H and O–H groups in total. The van der Waals surface area contributed by atoms with Gasteiger partial charge in [0, 0.05) is 0 Å². The van der Waals surface area contributed by atoms with Crippen LogP contribution in [-0.2, 0) is 4.79 Å². The van der Waals surface area contributed by atoms with Crippen LogP contribution < -0.4 is 0 Å². The van der Waals surface area contributed by atoms with Crippen molar-refractivity contribution in [3.63, 3.8) is 0 Å². The lowest BCUT2D eigenvalue weighted by Crippen LogP contribution is -2.00. The number of carbonyl (C=O) groups is 1. The summed E-state index contributed by atoms with van der Waals surface area (Å²) in [5, 5.41) is 16.9. The van der Waals surface area contributed by atoms with Gasteiger partial charge in [0.05, 0.1) is 11.8 Å². The second-order valence-electron chi connectivity index (χ2n) is 2.42. The minimum Gasteiger partial charge on any atom is -0.515 e. The number of aliphatic carboxylic acids is 1. The number of carboxylic acid groups (broad SMARTS) is 1. The molecule has 0 radical (unpaired) electrons. The summed E-state index contributed by atoms with van der Waals surface area (Å²) in [4.78, 5) is 10.3. The second kappa shape index (κ2) is 5.77. The zero-order chi connectivity index (χ0) is 8.69. The van der Waals surface area contributed by atoms with Gasteiger partial charge in [-0.1, -0.05) is 19.8 Å². The molecule has 0 amide bonds. The molecule has 0 aromatic heterocycles. The molecular formula is C8H14O3. The molecule has 0 saturated heterocycles. The maximum absolute atomic E-state index is 10.3. The van der Waals surface area contributed by atoms with Gasteiger partial charge in [-0.25, -0.2) is 4.79 Å². The van der Waals surface area contributed by atoms with E-state index in [2.05, 4.69) is 0 Å². The molecule has 64 valence electrons. The standard InChI is InChI=1S/C8H14O3/c1-2-3-4-5-7(6-9)8(10)11/h6,9H,2-5H2,1H3,(H,10,11)/b7-6-. The third-order valence-corrected chi connectivity index (χ3v) is 1.48. The Morgan fingerprint density at radius 2 is 2.09 bits per heavy atom. The lowest BCUT2D eigenvalue weighted by molar-refractivity contribution is -0.132. The Morgan fingerprint density at radius 1 is 1.45 bits per heavy atom. The van der Waals surface area contributed by atoms with E-state index in [1.165, 1.54) is 0 Å². The number of hydrogen-bond donors (Lipinski definition) is 2. The fourth-order valence-corrected chi connectivity index (χ4v) is 0.792. The zero-order valence-electron chi connectivity index (χ0n) is 6.71. The summed E-state index contributed by atoms with van der Waals surface area (Å²) in [6.45, 7) is 2.04. The van der Waals surface area contributed by atoms with Crippen molar-refractivity contribution >= 4 is 5.97 Å². The number of hydrogen-bond acceptors (Lipinski definition) is 2. The maximum Gasteiger partial charge on any atom is 0.334 e. The summed E-state index contributed by atoms with van der Waals surface area (Å²) in [5.41, 5.74) is 0.0958. The molecule has 3 heteroatoms. The van der Waals surface area contributed by atoms with E-state index in [9.17, 15) is 4.79 Å². The first-order chi connectivity index (χ1) is 5.22. The lowest BCUT2D eigenvalue weighted by atomic mass is 10.1. The first kappa shape index (κ1) is 10.0. The minimum absolute atomic E-state index is 0.0958. The number of rotatable bonds is 5. The monoisotopic (exact) mass is 158 g/mol. The van der Waals surface area contributed by atoms with Crippen LogP contribution in [0.5, 0.6) is 0 Å². The van der Waals surface area contributed by atoms with E-state index in [1.54, 1.807) is 0 Å². The fraction of sp³-hybridized carbons (Fsp3) is 0.625. The summed E-state index contributed by atoms with van der Waals surface area (Å²) >= 11 is 0. The predicted octanol–water partition coefficient (Wildman–Crippen LogP) is 2.09. The third kappa shape index (κ3) is 4.42. The molecule has 0 fully saturated rings. The van der Waals surface area contributed by atoms with Gasteiger partial charge in [0.25, 0.3) is 0 Å². The molecule has 0 bridgehead atoms. The Kier molecular flexibility index (Phi) is 5.25. The van der Waals surface area contributed by atoms with E-state index in [4.69, 9.17) is 10.2 Å². The summed E-state index contributed by atoms with van der Waals surface area (Å²) < 4.78 is 0. The smallest absolute Gasteiger partial charge is 0.334 e. The molecule has 0 aliphatic carbocycles. The molecule has 0 aromatic carbocycles. The van der Waals surface area contributed by atoms with Crippen LogP contribution >= 0.6 is 0 Å². The van der Waals surface area contributed by atoms with Gasteiger partial charge in [-0.15, -0.1) is 0 Å². The van der Waals surface area contributed by atoms with Crippen molar-refractivity contribution in [3.05, 3.63) is 11.8 Å². The molecule has 0 unspecified atom stereocenters. The van der Waals surface area contributed by atoms with Crippen LogP contribution in [0.2, 0.25) is 0 Å². The number of aliphatic hydroxyl groups excluding tert-OH is 1. The van der Waals surface area contributed by atoms with E-state index in [0.29, 0.717) is 12.7 Å². The summed E-state index contributed by atoms with van der Waals surface area (Å²) in [6.07, 6.45) is 4.02. The Labute approximate surface area is 66.4 Å². The molecule has 0 spiro atoms. The highest BCUT2D eigenvalue weighted by Gasteiger charge is 2.05. The molecule has 0 heterocycles. The highest BCUT2D eigenvalue weighted by molar-refractivity contribution is 5.86. The molecule has 0 aliphatic rings. The first-order valence-corrected chi connectivity index (χ1v) is 3.79. The fourth-order valence-electron chi connectivity index (χ4n) is 0.792. The van der Waals surface area contributed by atoms with Crippen molar-refractivity contribution in [2.24, 2.45) is 0 Å². The molecule has 0 saturated carbocycles. The highest BCUT2D eigenvalue weighted by Crippen LogP contribution is 2.07. The average molecular weight is 158 g/mol. The van der Waals surface area contributed by atoms with Gasteiger partial charge in [0.1, 0.15) is 0 Å². The summed E-state index contributed by atoms with van der Waals surface area (Å²) in [7, 11) is 0. The zero-order valence-corrected chi connectivity index (χ0v) is 6.71. The van der Waals surface area contributed by atoms with Crippen molar-refractivity contribution in [1.29, 1.82) is 0 Å². The molecule has 0 atom stereocenters. The van der Waals surface area contributed by atoms with Crippen LogP contribution in [0.4, 0.5) is 0 Å². The quantitative estimate of drug-likeness (QED) is 0.366. The van der Waals surface area contributed by atoms with E-state index >= 15 is 0 Å². The van der Waals surface area contributed by atoms with Gasteiger partial charge in [-0.3, -0.25) is 0 Å². The van der Waals surface area contributed by atoms with Crippen LogP contribution in [0.25, 0.3) is 0 Å². The largest absolute Gasteiger partial charge is 0.515 e. The van der Waals surface area contributed by atoms with Gasteiger partial charge < -0.3 is 10.2 Å². The minimum atomic E-state index is -1.02. The Hall–Kier alpha value is -0.990. The van der Waals surface area contributed by atoms with E-state index in [-0.39, 0.29) is 5.57 Å². The summed E-state index contributed by atoms with van der Waals surface area (Å²) in [6, 6.07) is 0. The Bertz CT molecular complexity index is 149. The maximum atomic E-state index is 10.3. The van der Waals surface area contributed by atoms with E-state index in [0.717, 1.165) is 19.3 Å². The highest BCUT2D eigenvalue weighted by atomic mass is 16.4. The Morgan fingerprint density at radius 3 is 2.45 bits per heavy atom. The van der Waals surface area contributed by atoms with Gasteiger partial charge in [0.2, 0.25) is 0 Å². The van der Waals surface area contributed by atoms with Crippen molar-refractivity contribution in [1.82, 2.24) is 0 Å². The average Bonchev–Trinajstić information content (AvgIpc) is 1.97.